The first-order chi connectivity index (χ1) is 12.7. The summed E-state index contributed by atoms with van der Waals surface area (Å²) in [5.41, 5.74) is 0. The van der Waals surface area contributed by atoms with Gasteiger partial charge in [0.1, 0.15) is 5.75 Å². The van der Waals surface area contributed by atoms with Gasteiger partial charge in [0.15, 0.2) is 5.96 Å². The van der Waals surface area contributed by atoms with Crippen molar-refractivity contribution in [2.75, 3.05) is 31.2 Å². The number of hydrogen-bond donors (Lipinski definition) is 3. The second-order valence-electron chi connectivity index (χ2n) is 6.33. The monoisotopic (exact) mass is 571 g/mol. The lowest BCUT2D eigenvalue weighted by Crippen LogP contribution is -2.45. The van der Waals surface area contributed by atoms with E-state index >= 15 is 0 Å². The third-order valence-corrected chi connectivity index (χ3v) is 5.60. The highest BCUT2D eigenvalue weighted by Gasteiger charge is 2.19. The van der Waals surface area contributed by atoms with Crippen LogP contribution in [-0.4, -0.2) is 54.4 Å². The van der Waals surface area contributed by atoms with Crippen molar-refractivity contribution in [3.63, 3.8) is 0 Å². The van der Waals surface area contributed by atoms with Crippen LogP contribution in [0.5, 0.6) is 5.75 Å². The lowest BCUT2D eigenvalue weighted by atomic mass is 9.93. The van der Waals surface area contributed by atoms with E-state index in [1.165, 1.54) is 0 Å². The highest BCUT2D eigenvalue weighted by Crippen LogP contribution is 2.19. The van der Waals surface area contributed by atoms with E-state index in [4.69, 9.17) is 4.74 Å². The summed E-state index contributed by atoms with van der Waals surface area (Å²) >= 11 is 5.30. The van der Waals surface area contributed by atoms with Crippen LogP contribution in [0, 0.1) is 0 Å². The molecule has 0 saturated heterocycles. The van der Waals surface area contributed by atoms with Crippen molar-refractivity contribution in [2.45, 2.75) is 44.8 Å². The molecule has 2 rings (SSSR count). The molecule has 1 aliphatic rings. The normalized spacial score (nSPS) is 19.9. The van der Waals surface area contributed by atoms with Gasteiger partial charge in [-0.15, -0.1) is 24.0 Å². The minimum atomic E-state index is -0.122. The van der Waals surface area contributed by atoms with Gasteiger partial charge in [0, 0.05) is 28.6 Å². The summed E-state index contributed by atoms with van der Waals surface area (Å²) in [6, 6.07) is 8.34. The van der Waals surface area contributed by atoms with Crippen LogP contribution in [0.4, 0.5) is 0 Å². The van der Waals surface area contributed by atoms with Crippen molar-refractivity contribution in [2.24, 2.45) is 4.99 Å². The molecule has 0 bridgehead atoms. The number of guanidine groups is 1. The molecule has 3 N–H and O–H groups in total. The van der Waals surface area contributed by atoms with Crippen LogP contribution >= 0.6 is 51.7 Å². The molecule has 0 aliphatic heterocycles. The number of halogens is 2. The van der Waals surface area contributed by atoms with Gasteiger partial charge in [0.05, 0.1) is 19.3 Å². The minimum absolute atomic E-state index is 0. The van der Waals surface area contributed by atoms with Gasteiger partial charge < -0.3 is 20.5 Å². The van der Waals surface area contributed by atoms with Gasteiger partial charge in [-0.25, -0.2) is 0 Å². The van der Waals surface area contributed by atoms with Crippen molar-refractivity contribution in [3.05, 3.63) is 28.7 Å². The van der Waals surface area contributed by atoms with Crippen LogP contribution in [0.15, 0.2) is 33.7 Å². The van der Waals surface area contributed by atoms with E-state index < -0.39 is 0 Å². The third kappa shape index (κ3) is 10.8. The van der Waals surface area contributed by atoms with Gasteiger partial charge in [0.25, 0.3) is 0 Å². The molecular formula is C19H31BrIN3O2S. The number of aliphatic imine (C=N–C) groups is 1. The second-order valence-corrected chi connectivity index (χ2v) is 8.47. The number of benzene rings is 1. The Kier molecular flexibility index (Phi) is 13.6. The van der Waals surface area contributed by atoms with Crippen LogP contribution < -0.4 is 15.4 Å². The van der Waals surface area contributed by atoms with Crippen molar-refractivity contribution in [3.8, 4) is 5.75 Å². The summed E-state index contributed by atoms with van der Waals surface area (Å²) < 4.78 is 6.77. The van der Waals surface area contributed by atoms with Crippen LogP contribution in [0.1, 0.15) is 32.6 Å². The van der Waals surface area contributed by atoms with Crippen LogP contribution in [0.3, 0.4) is 0 Å². The minimum Gasteiger partial charge on any atom is -0.493 e. The Morgan fingerprint density at radius 2 is 2.07 bits per heavy atom. The number of aliphatic hydroxyl groups excluding tert-OH is 1. The van der Waals surface area contributed by atoms with E-state index in [2.05, 4.69) is 38.5 Å². The molecule has 0 unspecified atom stereocenters. The molecule has 154 valence electrons. The molecule has 0 atom stereocenters. The van der Waals surface area contributed by atoms with Gasteiger partial charge in [-0.05, 0) is 50.8 Å². The lowest BCUT2D eigenvalue weighted by Gasteiger charge is -2.27. The van der Waals surface area contributed by atoms with Crippen molar-refractivity contribution >= 4 is 57.6 Å². The Morgan fingerprint density at radius 1 is 1.30 bits per heavy atom. The summed E-state index contributed by atoms with van der Waals surface area (Å²) in [6.07, 6.45) is 3.65. The maximum atomic E-state index is 9.61. The van der Waals surface area contributed by atoms with Gasteiger partial charge in [0.2, 0.25) is 0 Å². The molecular weight excluding hydrogens is 541 g/mol. The number of rotatable bonds is 9. The van der Waals surface area contributed by atoms with Gasteiger partial charge in [-0.1, -0.05) is 22.0 Å². The summed E-state index contributed by atoms with van der Waals surface area (Å²) in [5, 5.41) is 16.4. The quantitative estimate of drug-likeness (QED) is 0.181. The molecule has 1 aromatic rings. The average molecular weight is 572 g/mol. The fourth-order valence-electron chi connectivity index (χ4n) is 2.83. The molecule has 1 saturated carbocycles. The Balaban J connectivity index is 0.00000364. The second kappa shape index (κ2) is 14.8. The van der Waals surface area contributed by atoms with E-state index in [1.807, 2.05) is 36.0 Å². The Morgan fingerprint density at radius 3 is 2.78 bits per heavy atom. The first-order valence-electron chi connectivity index (χ1n) is 9.36. The highest BCUT2D eigenvalue weighted by atomic mass is 127. The Bertz CT molecular complexity index is 558. The molecule has 5 nitrogen and oxygen atoms in total. The zero-order chi connectivity index (χ0) is 18.6. The molecule has 1 aromatic carbocycles. The Hall–Kier alpha value is -0.190. The average Bonchev–Trinajstić information content (AvgIpc) is 2.63. The fraction of sp³-hybridized carbons (Fsp3) is 0.632. The number of hydrogen-bond acceptors (Lipinski definition) is 4. The van der Waals surface area contributed by atoms with Crippen molar-refractivity contribution in [1.29, 1.82) is 0 Å². The van der Waals surface area contributed by atoms with Gasteiger partial charge in [-0.3, -0.25) is 4.99 Å². The van der Waals surface area contributed by atoms with Crippen LogP contribution in [0.2, 0.25) is 0 Å². The zero-order valence-electron chi connectivity index (χ0n) is 15.8. The predicted molar refractivity (Wildman–Crippen MR) is 130 cm³/mol. The first-order valence-corrected chi connectivity index (χ1v) is 11.3. The van der Waals surface area contributed by atoms with E-state index in [9.17, 15) is 5.11 Å². The molecule has 0 spiro atoms. The summed E-state index contributed by atoms with van der Waals surface area (Å²) in [7, 11) is 0. The standard InChI is InChI=1S/C19H30BrN3O2S.HI/c1-2-21-19(23-16-6-8-17(24)9-7-16)22-10-12-26-13-11-25-18-5-3-4-15(20)14-18;/h3-5,14,16-17,24H,2,6-13H2,1H3,(H2,21,22,23);1H. The smallest absolute Gasteiger partial charge is 0.191 e. The summed E-state index contributed by atoms with van der Waals surface area (Å²) in [6.45, 7) is 4.42. The first kappa shape index (κ1) is 24.8. The van der Waals surface area contributed by atoms with E-state index in [1.54, 1.807) is 0 Å². The third-order valence-electron chi connectivity index (χ3n) is 4.18. The Labute approximate surface area is 192 Å². The topological polar surface area (TPSA) is 65.9 Å². The molecule has 0 aromatic heterocycles. The number of nitrogens with one attached hydrogen (secondary N) is 2. The molecule has 0 heterocycles. The summed E-state index contributed by atoms with van der Waals surface area (Å²) in [5.74, 6) is 3.71. The van der Waals surface area contributed by atoms with Crippen LogP contribution in [0.25, 0.3) is 0 Å². The lowest BCUT2D eigenvalue weighted by molar-refractivity contribution is 0.120. The number of nitrogens with zero attached hydrogens (tertiary/aromatic N) is 1. The van der Waals surface area contributed by atoms with Gasteiger partial charge in [-0.2, -0.15) is 11.8 Å². The van der Waals surface area contributed by atoms with Crippen molar-refractivity contribution in [1.82, 2.24) is 10.6 Å². The molecule has 27 heavy (non-hydrogen) atoms. The highest BCUT2D eigenvalue weighted by molar-refractivity contribution is 14.0. The fourth-order valence-corrected chi connectivity index (χ4v) is 3.84. The van der Waals surface area contributed by atoms with Crippen molar-refractivity contribution < 1.29 is 9.84 Å². The molecule has 0 radical (unpaired) electrons. The molecule has 1 aliphatic carbocycles. The SMILES string of the molecule is CCNC(=NCCSCCOc1cccc(Br)c1)NC1CCC(O)CC1.I. The molecule has 8 heteroatoms. The molecule has 0 amide bonds. The van der Waals surface area contributed by atoms with E-state index in [0.717, 1.165) is 66.5 Å². The molecule has 1 fully saturated rings. The van der Waals surface area contributed by atoms with E-state index in [-0.39, 0.29) is 30.1 Å². The maximum absolute atomic E-state index is 9.61. The largest absolute Gasteiger partial charge is 0.493 e. The van der Waals surface area contributed by atoms with E-state index in [0.29, 0.717) is 12.6 Å². The number of ether oxygens (including phenoxy) is 1. The summed E-state index contributed by atoms with van der Waals surface area (Å²) in [4.78, 5) is 4.66. The number of thioether (sulfide) groups is 1. The zero-order valence-corrected chi connectivity index (χ0v) is 20.6. The van der Waals surface area contributed by atoms with Gasteiger partial charge >= 0.3 is 0 Å². The maximum Gasteiger partial charge on any atom is 0.191 e. The van der Waals surface area contributed by atoms with Crippen LogP contribution in [-0.2, 0) is 0 Å². The predicted octanol–water partition coefficient (Wildman–Crippen LogP) is 4.04. The number of aliphatic hydroxyl groups is 1.